The van der Waals surface area contributed by atoms with E-state index in [4.69, 9.17) is 11.6 Å². The van der Waals surface area contributed by atoms with Crippen LogP contribution in [0.5, 0.6) is 0 Å². The fourth-order valence-electron chi connectivity index (χ4n) is 1.75. The number of hydrogen-bond acceptors (Lipinski definition) is 5. The smallest absolute Gasteiger partial charge is 0.129 e. The normalized spacial score (nSPS) is 11.1. The van der Waals surface area contributed by atoms with Gasteiger partial charge in [-0.05, 0) is 12.1 Å². The number of thiazole rings is 1. The molecule has 0 saturated carbocycles. The third kappa shape index (κ3) is 4.16. The molecule has 0 aliphatic heterocycles. The molecule has 20 heavy (non-hydrogen) atoms. The van der Waals surface area contributed by atoms with Gasteiger partial charge in [0.15, 0.2) is 0 Å². The van der Waals surface area contributed by atoms with Crippen LogP contribution in [0.3, 0.4) is 0 Å². The molecule has 0 spiro atoms. The molecule has 2 aromatic heterocycles. The Labute approximate surface area is 128 Å². The molecule has 2 heterocycles. The van der Waals surface area contributed by atoms with Crippen molar-refractivity contribution in [3.8, 4) is 0 Å². The summed E-state index contributed by atoms with van der Waals surface area (Å²) in [7, 11) is 2.01. The van der Waals surface area contributed by atoms with E-state index in [9.17, 15) is 0 Å². The van der Waals surface area contributed by atoms with Crippen LogP contribution in [0.1, 0.15) is 25.2 Å². The van der Waals surface area contributed by atoms with Crippen LogP contribution in [-0.2, 0) is 13.1 Å². The van der Waals surface area contributed by atoms with Crippen LogP contribution >= 0.6 is 22.9 Å². The van der Waals surface area contributed by atoms with E-state index >= 15 is 0 Å². The average Bonchev–Trinajstić information content (AvgIpc) is 2.90. The molecule has 0 fully saturated rings. The van der Waals surface area contributed by atoms with Crippen LogP contribution in [0.25, 0.3) is 0 Å². The van der Waals surface area contributed by atoms with E-state index in [-0.39, 0.29) is 0 Å². The summed E-state index contributed by atoms with van der Waals surface area (Å²) in [5, 5.41) is 6.09. The van der Waals surface area contributed by atoms with Gasteiger partial charge in [-0.3, -0.25) is 0 Å². The molecule has 2 rings (SSSR count). The molecule has 0 aromatic carbocycles. The van der Waals surface area contributed by atoms with Gasteiger partial charge >= 0.3 is 0 Å². The Morgan fingerprint density at radius 3 is 2.85 bits per heavy atom. The van der Waals surface area contributed by atoms with Gasteiger partial charge in [-0.1, -0.05) is 25.4 Å². The van der Waals surface area contributed by atoms with Crippen molar-refractivity contribution in [3.05, 3.63) is 39.4 Å². The van der Waals surface area contributed by atoms with E-state index in [1.165, 1.54) is 0 Å². The van der Waals surface area contributed by atoms with Gasteiger partial charge in [0.2, 0.25) is 0 Å². The van der Waals surface area contributed by atoms with Gasteiger partial charge in [0.25, 0.3) is 0 Å². The van der Waals surface area contributed by atoms with Crippen LogP contribution in [0.15, 0.2) is 23.0 Å². The van der Waals surface area contributed by atoms with Gasteiger partial charge in [-0.15, -0.1) is 11.3 Å². The highest BCUT2D eigenvalue weighted by molar-refractivity contribution is 7.07. The lowest BCUT2D eigenvalue weighted by atomic mass is 10.3. The second kappa shape index (κ2) is 7.02. The lowest BCUT2D eigenvalue weighted by Gasteiger charge is -2.18. The zero-order valence-corrected chi connectivity index (χ0v) is 13.5. The lowest BCUT2D eigenvalue weighted by molar-refractivity contribution is 0.581. The maximum absolute atomic E-state index is 6.20. The molecule has 1 N–H and O–H groups in total. The number of hydrogen-bond donors (Lipinski definition) is 1. The Balaban J connectivity index is 2.09. The summed E-state index contributed by atoms with van der Waals surface area (Å²) in [6.07, 6.45) is 0. The Morgan fingerprint density at radius 1 is 1.40 bits per heavy atom. The van der Waals surface area contributed by atoms with Gasteiger partial charge in [-0.2, -0.15) is 0 Å². The molecule has 108 valence electrons. The number of rotatable bonds is 6. The molecule has 4 nitrogen and oxygen atoms in total. The quantitative estimate of drug-likeness (QED) is 0.888. The zero-order valence-electron chi connectivity index (χ0n) is 11.9. The first-order valence-electron chi connectivity index (χ1n) is 6.53. The summed E-state index contributed by atoms with van der Waals surface area (Å²) >= 11 is 7.80. The Bertz CT molecular complexity index is 542. The van der Waals surface area contributed by atoms with Crippen LogP contribution in [0, 0.1) is 0 Å². The third-order valence-electron chi connectivity index (χ3n) is 2.86. The molecular weight excluding hydrogens is 292 g/mol. The highest BCUT2D eigenvalue weighted by atomic mass is 35.5. The lowest BCUT2D eigenvalue weighted by Crippen LogP contribution is -2.24. The zero-order chi connectivity index (χ0) is 14.5. The number of anilines is 1. The predicted octanol–water partition coefficient (Wildman–Crippen LogP) is 3.33. The van der Waals surface area contributed by atoms with Crippen molar-refractivity contribution in [3.63, 3.8) is 0 Å². The monoisotopic (exact) mass is 310 g/mol. The van der Waals surface area contributed by atoms with Gasteiger partial charge in [0.1, 0.15) is 5.82 Å². The van der Waals surface area contributed by atoms with Crippen molar-refractivity contribution in [2.45, 2.75) is 33.0 Å². The van der Waals surface area contributed by atoms with E-state index in [0.29, 0.717) is 17.6 Å². The maximum atomic E-state index is 6.20. The Morgan fingerprint density at radius 2 is 2.20 bits per heavy atom. The van der Waals surface area contributed by atoms with Crippen molar-refractivity contribution >= 4 is 28.8 Å². The predicted molar refractivity (Wildman–Crippen MR) is 85.4 cm³/mol. The minimum absolute atomic E-state index is 0.407. The minimum Gasteiger partial charge on any atom is -0.354 e. The number of halogens is 1. The number of pyridine rings is 1. The molecule has 0 bridgehead atoms. The van der Waals surface area contributed by atoms with Gasteiger partial charge in [0.05, 0.1) is 28.5 Å². The molecule has 0 unspecified atom stereocenters. The van der Waals surface area contributed by atoms with Crippen LogP contribution in [-0.4, -0.2) is 23.1 Å². The number of nitrogens with one attached hydrogen (secondary N) is 1. The van der Waals surface area contributed by atoms with Crippen LogP contribution < -0.4 is 10.2 Å². The second-order valence-electron chi connectivity index (χ2n) is 4.97. The standard InChI is InChI=1S/C14H19ClN4S/c1-10(2)16-6-13-12(15)4-5-14(18-13)19(3)7-11-8-20-9-17-11/h4-5,8-10,16H,6-7H2,1-3H3. The van der Waals surface area contributed by atoms with Crippen molar-refractivity contribution < 1.29 is 0 Å². The molecular formula is C14H19ClN4S. The molecule has 2 aromatic rings. The fraction of sp³-hybridized carbons (Fsp3) is 0.429. The first-order valence-corrected chi connectivity index (χ1v) is 7.85. The largest absolute Gasteiger partial charge is 0.354 e. The van der Waals surface area contributed by atoms with E-state index in [2.05, 4.69) is 34.0 Å². The molecule has 0 radical (unpaired) electrons. The average molecular weight is 311 g/mol. The molecule has 0 aliphatic rings. The highest BCUT2D eigenvalue weighted by Crippen LogP contribution is 2.20. The third-order valence-corrected chi connectivity index (χ3v) is 3.83. The minimum atomic E-state index is 0.407. The summed E-state index contributed by atoms with van der Waals surface area (Å²) in [5.74, 6) is 0.906. The molecule has 0 aliphatic carbocycles. The summed E-state index contributed by atoms with van der Waals surface area (Å²) in [6, 6.07) is 4.25. The van der Waals surface area contributed by atoms with Gasteiger partial charge < -0.3 is 10.2 Å². The van der Waals surface area contributed by atoms with Crippen molar-refractivity contribution in [2.24, 2.45) is 0 Å². The highest BCUT2D eigenvalue weighted by Gasteiger charge is 2.09. The first kappa shape index (κ1) is 15.2. The second-order valence-corrected chi connectivity index (χ2v) is 6.10. The first-order chi connectivity index (χ1) is 9.56. The SMILES string of the molecule is CC(C)NCc1nc(N(C)Cc2cscn2)ccc1Cl. The fourth-order valence-corrected chi connectivity index (χ4v) is 2.47. The van der Waals surface area contributed by atoms with Crippen molar-refractivity contribution in [1.82, 2.24) is 15.3 Å². The molecule has 6 heteroatoms. The summed E-state index contributed by atoms with van der Waals surface area (Å²) < 4.78 is 0. The Hall–Kier alpha value is -1.17. The van der Waals surface area contributed by atoms with E-state index in [1.54, 1.807) is 11.3 Å². The van der Waals surface area contributed by atoms with Crippen LogP contribution in [0.2, 0.25) is 5.02 Å². The Kier molecular flexibility index (Phi) is 5.34. The summed E-state index contributed by atoms with van der Waals surface area (Å²) in [5.41, 5.74) is 3.77. The number of aromatic nitrogens is 2. The van der Waals surface area contributed by atoms with Gasteiger partial charge in [-0.25, -0.2) is 9.97 Å². The van der Waals surface area contributed by atoms with Crippen molar-refractivity contribution in [2.75, 3.05) is 11.9 Å². The summed E-state index contributed by atoms with van der Waals surface area (Å²) in [6.45, 7) is 5.63. The van der Waals surface area contributed by atoms with Crippen LogP contribution in [0.4, 0.5) is 5.82 Å². The molecule has 0 amide bonds. The summed E-state index contributed by atoms with van der Waals surface area (Å²) in [4.78, 5) is 11.0. The topological polar surface area (TPSA) is 41.1 Å². The van der Waals surface area contributed by atoms with E-state index in [0.717, 1.165) is 23.8 Å². The molecule has 0 saturated heterocycles. The van der Waals surface area contributed by atoms with Gasteiger partial charge in [0, 0.05) is 25.0 Å². The van der Waals surface area contributed by atoms with E-state index < -0.39 is 0 Å². The molecule has 0 atom stereocenters. The van der Waals surface area contributed by atoms with Crippen molar-refractivity contribution in [1.29, 1.82) is 0 Å². The van der Waals surface area contributed by atoms with E-state index in [1.807, 2.05) is 30.1 Å². The number of nitrogens with zero attached hydrogens (tertiary/aromatic N) is 3. The maximum Gasteiger partial charge on any atom is 0.129 e.